The Morgan fingerprint density at radius 1 is 1.00 bits per heavy atom. The number of ketones is 1. The molecular formula is C28H23F3N4O2. The molecule has 4 aromatic rings. The second-order valence-corrected chi connectivity index (χ2v) is 8.48. The van der Waals surface area contributed by atoms with Crippen molar-refractivity contribution in [2.75, 3.05) is 13.1 Å². The first-order chi connectivity index (χ1) is 17.7. The van der Waals surface area contributed by atoms with Crippen LogP contribution in [0.2, 0.25) is 0 Å². The first kappa shape index (κ1) is 25.7. The van der Waals surface area contributed by atoms with Gasteiger partial charge >= 0.3 is 6.18 Å². The van der Waals surface area contributed by atoms with Crippen LogP contribution < -0.4 is 10.6 Å². The van der Waals surface area contributed by atoms with Gasteiger partial charge in [-0.05, 0) is 41.8 Å². The molecule has 1 heterocycles. The van der Waals surface area contributed by atoms with Crippen molar-refractivity contribution in [2.24, 2.45) is 0 Å². The minimum absolute atomic E-state index is 0.0535. The van der Waals surface area contributed by atoms with Crippen LogP contribution >= 0.6 is 0 Å². The van der Waals surface area contributed by atoms with Crippen molar-refractivity contribution >= 4 is 22.6 Å². The summed E-state index contributed by atoms with van der Waals surface area (Å²) in [6.07, 6.45) is -2.32. The second-order valence-electron chi connectivity index (χ2n) is 8.48. The number of carbonyl (C=O) groups is 2. The summed E-state index contributed by atoms with van der Waals surface area (Å²) >= 11 is 0. The van der Waals surface area contributed by atoms with Crippen molar-refractivity contribution in [1.29, 1.82) is 5.26 Å². The number of nitrogens with one attached hydrogen (secondary N) is 3. The zero-order valence-electron chi connectivity index (χ0n) is 19.6. The molecule has 0 spiro atoms. The van der Waals surface area contributed by atoms with E-state index in [1.165, 1.54) is 12.1 Å². The van der Waals surface area contributed by atoms with Crippen LogP contribution in [0, 0.1) is 11.3 Å². The van der Waals surface area contributed by atoms with E-state index >= 15 is 0 Å². The molecule has 3 N–H and O–H groups in total. The molecule has 0 aliphatic heterocycles. The van der Waals surface area contributed by atoms with Crippen LogP contribution in [0.3, 0.4) is 0 Å². The molecule has 0 saturated carbocycles. The van der Waals surface area contributed by atoms with Gasteiger partial charge in [0.25, 0.3) is 5.91 Å². The molecule has 1 atom stereocenters. The van der Waals surface area contributed by atoms with Gasteiger partial charge in [-0.15, -0.1) is 0 Å². The quantitative estimate of drug-likeness (QED) is 0.277. The maximum absolute atomic E-state index is 13.7. The zero-order valence-corrected chi connectivity index (χ0v) is 19.6. The molecule has 0 fully saturated rings. The molecular weight excluding hydrogens is 481 g/mol. The lowest BCUT2D eigenvalue weighted by molar-refractivity contribution is -0.123. The molecule has 0 bridgehead atoms. The maximum atomic E-state index is 13.7. The van der Waals surface area contributed by atoms with Gasteiger partial charge in [0.05, 0.1) is 17.7 Å². The average molecular weight is 505 g/mol. The smallest absolute Gasteiger partial charge is 0.360 e. The van der Waals surface area contributed by atoms with E-state index in [1.807, 2.05) is 47.8 Å². The van der Waals surface area contributed by atoms with Crippen molar-refractivity contribution < 1.29 is 22.8 Å². The summed E-state index contributed by atoms with van der Waals surface area (Å²) in [5.74, 6) is -1.04. The van der Waals surface area contributed by atoms with E-state index in [0.29, 0.717) is 35.0 Å². The fourth-order valence-electron chi connectivity index (χ4n) is 4.02. The molecule has 0 saturated heterocycles. The van der Waals surface area contributed by atoms with Gasteiger partial charge in [0.1, 0.15) is 6.54 Å². The summed E-state index contributed by atoms with van der Waals surface area (Å²) in [4.78, 5) is 28.7. The summed E-state index contributed by atoms with van der Waals surface area (Å²) in [7, 11) is 0. The van der Waals surface area contributed by atoms with Gasteiger partial charge in [-0.1, -0.05) is 48.5 Å². The lowest BCUT2D eigenvalue weighted by Crippen LogP contribution is -2.33. The monoisotopic (exact) mass is 504 g/mol. The molecule has 1 amide bonds. The number of halogens is 3. The third kappa shape index (κ3) is 6.42. The number of Topliss-reactive ketones (excluding diaryl/α,β-unsaturated/α-hetero) is 1. The summed E-state index contributed by atoms with van der Waals surface area (Å²) in [6.45, 7) is -0.922. The summed E-state index contributed by atoms with van der Waals surface area (Å²) in [5.41, 5.74) is 3.30. The first-order valence-corrected chi connectivity index (χ1v) is 11.5. The Kier molecular flexibility index (Phi) is 7.70. The predicted octanol–water partition coefficient (Wildman–Crippen LogP) is 5.09. The third-order valence-corrected chi connectivity index (χ3v) is 5.90. The van der Waals surface area contributed by atoms with Crippen LogP contribution in [0.5, 0.6) is 0 Å². The normalized spacial score (nSPS) is 12.2. The maximum Gasteiger partial charge on any atom is 0.405 e. The summed E-state index contributed by atoms with van der Waals surface area (Å²) in [6, 6.07) is 22.3. The highest BCUT2D eigenvalue weighted by molar-refractivity contribution is 6.11. The number of nitrogens with zero attached hydrogens (tertiary/aromatic N) is 1. The molecule has 3 aromatic carbocycles. The minimum Gasteiger partial charge on any atom is -0.360 e. The van der Waals surface area contributed by atoms with E-state index in [0.717, 1.165) is 11.1 Å². The van der Waals surface area contributed by atoms with Crippen LogP contribution in [-0.4, -0.2) is 35.9 Å². The Balaban J connectivity index is 1.53. The van der Waals surface area contributed by atoms with Crippen LogP contribution in [0.15, 0.2) is 79.0 Å². The number of carbonyl (C=O) groups excluding carboxylic acids is 2. The van der Waals surface area contributed by atoms with Crippen LogP contribution in [-0.2, 0) is 6.42 Å². The van der Waals surface area contributed by atoms with Gasteiger partial charge in [0, 0.05) is 34.8 Å². The molecule has 188 valence electrons. The van der Waals surface area contributed by atoms with Crippen molar-refractivity contribution in [3.8, 4) is 6.07 Å². The molecule has 1 aromatic heterocycles. The number of amides is 1. The number of fused-ring (bicyclic) bond motifs is 1. The van der Waals surface area contributed by atoms with E-state index < -0.39 is 24.7 Å². The molecule has 0 unspecified atom stereocenters. The van der Waals surface area contributed by atoms with E-state index in [4.69, 9.17) is 5.26 Å². The molecule has 0 radical (unpaired) electrons. The van der Waals surface area contributed by atoms with Crippen LogP contribution in [0.1, 0.15) is 43.4 Å². The molecule has 37 heavy (non-hydrogen) atoms. The SMILES string of the molecule is N#Cc1ccc(CCN[C@@H](C(=O)c2c[nH]c3cc(C(=O)NCC(F)(F)F)ccc23)c2ccccc2)cc1. The van der Waals surface area contributed by atoms with Gasteiger partial charge < -0.3 is 15.6 Å². The van der Waals surface area contributed by atoms with Crippen molar-refractivity contribution in [3.63, 3.8) is 0 Å². The molecule has 9 heteroatoms. The molecule has 6 nitrogen and oxygen atoms in total. The Morgan fingerprint density at radius 2 is 1.73 bits per heavy atom. The highest BCUT2D eigenvalue weighted by Crippen LogP contribution is 2.26. The lowest BCUT2D eigenvalue weighted by atomic mass is 9.96. The Morgan fingerprint density at radius 3 is 2.41 bits per heavy atom. The molecule has 0 aliphatic carbocycles. The number of hydrogen-bond acceptors (Lipinski definition) is 4. The number of nitriles is 1. The topological polar surface area (TPSA) is 97.8 Å². The zero-order chi connectivity index (χ0) is 26.4. The number of hydrogen-bond donors (Lipinski definition) is 3. The molecule has 0 aliphatic rings. The van der Waals surface area contributed by atoms with Gasteiger partial charge in [-0.25, -0.2) is 0 Å². The van der Waals surface area contributed by atoms with Crippen molar-refractivity contribution in [3.05, 3.63) is 107 Å². The van der Waals surface area contributed by atoms with Gasteiger partial charge in [0.2, 0.25) is 0 Å². The van der Waals surface area contributed by atoms with Gasteiger partial charge in [-0.2, -0.15) is 18.4 Å². The van der Waals surface area contributed by atoms with Gasteiger partial charge in [-0.3, -0.25) is 9.59 Å². The van der Waals surface area contributed by atoms with E-state index in [1.54, 1.807) is 24.4 Å². The van der Waals surface area contributed by atoms with Crippen molar-refractivity contribution in [2.45, 2.75) is 18.6 Å². The number of aromatic amines is 1. The predicted molar refractivity (Wildman–Crippen MR) is 133 cm³/mol. The minimum atomic E-state index is -4.51. The van der Waals surface area contributed by atoms with E-state index in [9.17, 15) is 22.8 Å². The third-order valence-electron chi connectivity index (χ3n) is 5.90. The lowest BCUT2D eigenvalue weighted by Gasteiger charge is -2.18. The fraction of sp³-hybridized carbons (Fsp3) is 0.179. The molecule has 4 rings (SSSR count). The van der Waals surface area contributed by atoms with Crippen LogP contribution in [0.4, 0.5) is 13.2 Å². The number of benzene rings is 3. The highest BCUT2D eigenvalue weighted by atomic mass is 19.4. The average Bonchev–Trinajstić information content (AvgIpc) is 3.33. The highest BCUT2D eigenvalue weighted by Gasteiger charge is 2.28. The van der Waals surface area contributed by atoms with E-state index in [2.05, 4.69) is 16.4 Å². The summed E-state index contributed by atoms with van der Waals surface area (Å²) in [5, 5.41) is 14.7. The number of aromatic nitrogens is 1. The summed E-state index contributed by atoms with van der Waals surface area (Å²) < 4.78 is 37.3. The number of rotatable bonds is 9. The fourth-order valence-corrected chi connectivity index (χ4v) is 4.02. The van der Waals surface area contributed by atoms with E-state index in [-0.39, 0.29) is 11.3 Å². The number of H-pyrrole nitrogens is 1. The van der Waals surface area contributed by atoms with Crippen LogP contribution in [0.25, 0.3) is 10.9 Å². The van der Waals surface area contributed by atoms with Gasteiger partial charge in [0.15, 0.2) is 5.78 Å². The van der Waals surface area contributed by atoms with Crippen molar-refractivity contribution in [1.82, 2.24) is 15.6 Å². The standard InChI is InChI=1S/C28H23F3N4O2/c29-28(30,31)17-35-27(37)21-10-11-22-23(16-34-24(22)14-21)26(36)25(20-4-2-1-3-5-20)33-13-12-18-6-8-19(15-32)9-7-18/h1-11,14,16,25,33-34H,12-13,17H2,(H,35,37)/t25-/m1/s1. The largest absolute Gasteiger partial charge is 0.405 e. The Labute approximate surface area is 211 Å². The Bertz CT molecular complexity index is 1440. The Hall–Kier alpha value is -4.42. The second kappa shape index (κ2) is 11.1. The first-order valence-electron chi connectivity index (χ1n) is 11.5. The number of alkyl halides is 3.